The smallest absolute Gasteiger partial charge is 0.326 e. The molecule has 7 nitrogen and oxygen atoms in total. The van der Waals surface area contributed by atoms with E-state index in [0.29, 0.717) is 6.54 Å². The number of aliphatic carboxylic acids is 2. The van der Waals surface area contributed by atoms with Gasteiger partial charge in [-0.15, -0.1) is 0 Å². The molecule has 0 aromatic carbocycles. The Balaban J connectivity index is 2.46. The van der Waals surface area contributed by atoms with E-state index in [4.69, 9.17) is 10.2 Å². The highest BCUT2D eigenvalue weighted by atomic mass is 16.4. The van der Waals surface area contributed by atoms with Gasteiger partial charge in [0.05, 0.1) is 5.92 Å². The number of hydrogen-bond donors (Lipinski definition) is 4. The second kappa shape index (κ2) is 6.95. The average molecular weight is 258 g/mol. The largest absolute Gasteiger partial charge is 0.481 e. The lowest BCUT2D eigenvalue weighted by Crippen LogP contribution is -2.47. The fourth-order valence-electron chi connectivity index (χ4n) is 1.89. The maximum Gasteiger partial charge on any atom is 0.326 e. The van der Waals surface area contributed by atoms with Crippen LogP contribution in [0, 0.1) is 5.92 Å². The molecule has 0 radical (unpaired) electrons. The molecule has 18 heavy (non-hydrogen) atoms. The summed E-state index contributed by atoms with van der Waals surface area (Å²) in [4.78, 5) is 33.1. The monoisotopic (exact) mass is 258 g/mol. The Kier molecular flexibility index (Phi) is 5.57. The Labute approximate surface area is 105 Å². The first-order valence-corrected chi connectivity index (χ1v) is 5.96. The predicted octanol–water partition coefficient (Wildman–Crippen LogP) is -0.580. The van der Waals surface area contributed by atoms with Gasteiger partial charge in [0, 0.05) is 13.0 Å². The van der Waals surface area contributed by atoms with Crippen LogP contribution in [0.2, 0.25) is 0 Å². The van der Waals surface area contributed by atoms with Crippen molar-refractivity contribution >= 4 is 17.8 Å². The van der Waals surface area contributed by atoms with Crippen LogP contribution < -0.4 is 10.6 Å². The minimum atomic E-state index is -1.20. The summed E-state index contributed by atoms with van der Waals surface area (Å²) in [5, 5.41) is 22.9. The molecule has 0 spiro atoms. The minimum Gasteiger partial charge on any atom is -0.481 e. The Morgan fingerprint density at radius 3 is 2.56 bits per heavy atom. The molecule has 0 saturated carbocycles. The van der Waals surface area contributed by atoms with Crippen molar-refractivity contribution in [1.82, 2.24) is 10.6 Å². The van der Waals surface area contributed by atoms with Crippen LogP contribution in [0.15, 0.2) is 0 Å². The number of nitrogens with one attached hydrogen (secondary N) is 2. The van der Waals surface area contributed by atoms with Crippen LogP contribution in [0.1, 0.15) is 25.7 Å². The number of carboxylic acid groups (broad SMARTS) is 2. The standard InChI is InChI=1S/C11H18N2O5/c14-9(15)4-3-8(11(17)18)13-10(16)7-2-1-5-12-6-7/h7-8,12H,1-6H2,(H,13,16)(H,14,15)(H,17,18)/t7?,8-/m0/s1. The quantitative estimate of drug-likeness (QED) is 0.506. The number of hydrogen-bond acceptors (Lipinski definition) is 4. The predicted molar refractivity (Wildman–Crippen MR) is 62.0 cm³/mol. The Morgan fingerprint density at radius 2 is 2.06 bits per heavy atom. The molecule has 102 valence electrons. The second-order valence-electron chi connectivity index (χ2n) is 4.38. The fraction of sp³-hybridized carbons (Fsp3) is 0.727. The number of carbonyl (C=O) groups excluding carboxylic acids is 1. The van der Waals surface area contributed by atoms with E-state index in [9.17, 15) is 14.4 Å². The number of carbonyl (C=O) groups is 3. The van der Waals surface area contributed by atoms with E-state index in [1.54, 1.807) is 0 Å². The summed E-state index contributed by atoms with van der Waals surface area (Å²) < 4.78 is 0. The summed E-state index contributed by atoms with van der Waals surface area (Å²) in [6.45, 7) is 1.41. The lowest BCUT2D eigenvalue weighted by molar-refractivity contribution is -0.143. The maximum atomic E-state index is 11.8. The average Bonchev–Trinajstić information content (AvgIpc) is 2.34. The molecule has 0 aliphatic carbocycles. The van der Waals surface area contributed by atoms with Crippen LogP contribution in [0.3, 0.4) is 0 Å². The Morgan fingerprint density at radius 1 is 1.33 bits per heavy atom. The van der Waals surface area contributed by atoms with E-state index < -0.39 is 18.0 Å². The minimum absolute atomic E-state index is 0.101. The van der Waals surface area contributed by atoms with Gasteiger partial charge in [-0.1, -0.05) is 0 Å². The van der Waals surface area contributed by atoms with Crippen LogP contribution in [-0.4, -0.2) is 47.2 Å². The molecule has 2 atom stereocenters. The third-order valence-electron chi connectivity index (χ3n) is 2.93. The van der Waals surface area contributed by atoms with E-state index in [0.717, 1.165) is 19.4 Å². The summed E-state index contributed by atoms with van der Waals surface area (Å²) in [6.07, 6.45) is 1.23. The molecule has 1 fully saturated rings. The molecule has 1 saturated heterocycles. The summed E-state index contributed by atoms with van der Waals surface area (Å²) in [7, 11) is 0. The molecule has 1 heterocycles. The highest BCUT2D eigenvalue weighted by Gasteiger charge is 2.26. The van der Waals surface area contributed by atoms with Crippen LogP contribution in [0.4, 0.5) is 0 Å². The van der Waals surface area contributed by atoms with Crippen molar-refractivity contribution in [2.75, 3.05) is 13.1 Å². The topological polar surface area (TPSA) is 116 Å². The normalized spacial score (nSPS) is 21.0. The van der Waals surface area contributed by atoms with Gasteiger partial charge in [-0.05, 0) is 25.8 Å². The first kappa shape index (κ1) is 14.4. The van der Waals surface area contributed by atoms with Crippen LogP contribution >= 0.6 is 0 Å². The van der Waals surface area contributed by atoms with Gasteiger partial charge in [0.1, 0.15) is 6.04 Å². The van der Waals surface area contributed by atoms with Crippen LogP contribution in [0.5, 0.6) is 0 Å². The van der Waals surface area contributed by atoms with Crippen molar-refractivity contribution < 1.29 is 24.6 Å². The van der Waals surface area contributed by atoms with Crippen molar-refractivity contribution in [3.8, 4) is 0 Å². The molecular weight excluding hydrogens is 240 g/mol. The number of piperidine rings is 1. The number of amides is 1. The molecule has 1 rings (SSSR count). The van der Waals surface area contributed by atoms with Crippen molar-refractivity contribution in [2.24, 2.45) is 5.92 Å². The van der Waals surface area contributed by atoms with E-state index in [1.807, 2.05) is 0 Å². The summed E-state index contributed by atoms with van der Waals surface area (Å²) in [5.74, 6) is -2.83. The number of carboxylic acids is 2. The van der Waals surface area contributed by atoms with Crippen LogP contribution in [-0.2, 0) is 14.4 Å². The lowest BCUT2D eigenvalue weighted by Gasteiger charge is -2.23. The van der Waals surface area contributed by atoms with Crippen LogP contribution in [0.25, 0.3) is 0 Å². The Hall–Kier alpha value is -1.63. The third-order valence-corrected chi connectivity index (χ3v) is 2.93. The highest BCUT2D eigenvalue weighted by Crippen LogP contribution is 2.10. The molecular formula is C11H18N2O5. The van der Waals surface area contributed by atoms with Gasteiger partial charge in [0.15, 0.2) is 0 Å². The number of rotatable bonds is 6. The zero-order chi connectivity index (χ0) is 13.5. The van der Waals surface area contributed by atoms with Gasteiger partial charge in [-0.2, -0.15) is 0 Å². The molecule has 7 heteroatoms. The van der Waals surface area contributed by atoms with Gasteiger partial charge < -0.3 is 20.8 Å². The summed E-state index contributed by atoms with van der Waals surface area (Å²) in [6, 6.07) is -1.13. The van der Waals surface area contributed by atoms with Crippen molar-refractivity contribution in [1.29, 1.82) is 0 Å². The van der Waals surface area contributed by atoms with Crippen molar-refractivity contribution in [3.63, 3.8) is 0 Å². The van der Waals surface area contributed by atoms with E-state index >= 15 is 0 Å². The fourth-order valence-corrected chi connectivity index (χ4v) is 1.89. The SMILES string of the molecule is O=C(O)CC[C@H](NC(=O)C1CCCNC1)C(=O)O. The van der Waals surface area contributed by atoms with Gasteiger partial charge in [-0.25, -0.2) is 4.79 Å². The molecule has 1 amide bonds. The molecule has 1 aliphatic rings. The summed E-state index contributed by atoms with van der Waals surface area (Å²) >= 11 is 0. The van der Waals surface area contributed by atoms with E-state index in [2.05, 4.69) is 10.6 Å². The van der Waals surface area contributed by atoms with Crippen molar-refractivity contribution in [3.05, 3.63) is 0 Å². The van der Waals surface area contributed by atoms with Gasteiger partial charge in [0.2, 0.25) is 5.91 Å². The Bertz CT molecular complexity index is 325. The first-order valence-electron chi connectivity index (χ1n) is 5.96. The third kappa shape index (κ3) is 4.70. The summed E-state index contributed by atoms with van der Waals surface area (Å²) in [5.41, 5.74) is 0. The van der Waals surface area contributed by atoms with Crippen molar-refractivity contribution in [2.45, 2.75) is 31.7 Å². The first-order chi connectivity index (χ1) is 8.50. The molecule has 0 aromatic heterocycles. The lowest BCUT2D eigenvalue weighted by atomic mass is 9.98. The molecule has 4 N–H and O–H groups in total. The van der Waals surface area contributed by atoms with Gasteiger partial charge >= 0.3 is 11.9 Å². The van der Waals surface area contributed by atoms with E-state index in [-0.39, 0.29) is 24.7 Å². The highest BCUT2D eigenvalue weighted by molar-refractivity contribution is 5.85. The zero-order valence-corrected chi connectivity index (χ0v) is 10.0. The second-order valence-corrected chi connectivity index (χ2v) is 4.38. The maximum absolute atomic E-state index is 11.8. The molecule has 0 aromatic rings. The molecule has 1 aliphatic heterocycles. The van der Waals surface area contributed by atoms with E-state index in [1.165, 1.54) is 0 Å². The van der Waals surface area contributed by atoms with Gasteiger partial charge in [0.25, 0.3) is 0 Å². The molecule has 0 bridgehead atoms. The molecule has 1 unspecified atom stereocenters. The zero-order valence-electron chi connectivity index (χ0n) is 10.0. The van der Waals surface area contributed by atoms with Gasteiger partial charge in [-0.3, -0.25) is 9.59 Å².